The van der Waals surface area contributed by atoms with E-state index in [-0.39, 0.29) is 4.90 Å². The van der Waals surface area contributed by atoms with Crippen molar-refractivity contribution in [1.82, 2.24) is 0 Å². The molecule has 0 heterocycles. The van der Waals surface area contributed by atoms with Crippen LogP contribution in [0.4, 0.5) is 5.69 Å². The third-order valence-corrected chi connectivity index (χ3v) is 5.34. The molecule has 0 aliphatic carbocycles. The molecule has 0 unspecified atom stereocenters. The molecule has 25 heavy (non-hydrogen) atoms. The van der Waals surface area contributed by atoms with E-state index in [0.717, 1.165) is 0 Å². The standard InChI is InChI=1S/C18H13Cl2NO3S/c19-15-5-1-3-7-17(15)21-25(22,23)14-11-9-13(10-12-14)24-18-8-4-2-6-16(18)20/h1-12,21H. The highest BCUT2D eigenvalue weighted by Gasteiger charge is 2.15. The van der Waals surface area contributed by atoms with E-state index in [1.165, 1.54) is 12.1 Å². The van der Waals surface area contributed by atoms with Gasteiger partial charge in [-0.3, -0.25) is 4.72 Å². The van der Waals surface area contributed by atoms with Crippen LogP contribution in [-0.2, 0) is 10.0 Å². The van der Waals surface area contributed by atoms with Crippen molar-refractivity contribution in [3.05, 3.63) is 82.8 Å². The van der Waals surface area contributed by atoms with Gasteiger partial charge in [-0.1, -0.05) is 47.5 Å². The maximum atomic E-state index is 12.4. The first-order chi connectivity index (χ1) is 12.0. The van der Waals surface area contributed by atoms with Gasteiger partial charge in [-0.25, -0.2) is 8.42 Å². The van der Waals surface area contributed by atoms with Gasteiger partial charge >= 0.3 is 0 Å². The summed E-state index contributed by atoms with van der Waals surface area (Å²) in [4.78, 5) is 0.0962. The summed E-state index contributed by atoms with van der Waals surface area (Å²) in [5.74, 6) is 0.971. The Morgan fingerprint density at radius 2 is 1.36 bits per heavy atom. The molecule has 0 spiro atoms. The van der Waals surface area contributed by atoms with Gasteiger partial charge in [-0.2, -0.15) is 0 Å². The number of anilines is 1. The van der Waals surface area contributed by atoms with Crippen molar-refractivity contribution >= 4 is 38.9 Å². The zero-order chi connectivity index (χ0) is 17.9. The predicted octanol–water partition coefficient (Wildman–Crippen LogP) is 5.59. The second-order valence-electron chi connectivity index (χ2n) is 5.09. The molecule has 7 heteroatoms. The van der Waals surface area contributed by atoms with E-state index in [1.807, 2.05) is 0 Å². The molecule has 0 aliphatic rings. The van der Waals surface area contributed by atoms with Gasteiger partial charge in [0.05, 0.1) is 20.6 Å². The van der Waals surface area contributed by atoms with Gasteiger partial charge in [0.2, 0.25) is 0 Å². The van der Waals surface area contributed by atoms with Crippen LogP contribution in [0.5, 0.6) is 11.5 Å². The molecule has 128 valence electrons. The topological polar surface area (TPSA) is 55.4 Å². The van der Waals surface area contributed by atoms with Crippen LogP contribution in [-0.4, -0.2) is 8.42 Å². The summed E-state index contributed by atoms with van der Waals surface area (Å²) < 4.78 is 33.0. The van der Waals surface area contributed by atoms with Gasteiger partial charge in [0, 0.05) is 0 Å². The smallest absolute Gasteiger partial charge is 0.261 e. The molecule has 0 aromatic heterocycles. The molecular formula is C18H13Cl2NO3S. The predicted molar refractivity (Wildman–Crippen MR) is 100 cm³/mol. The Bertz CT molecular complexity index is 989. The van der Waals surface area contributed by atoms with Crippen LogP contribution >= 0.6 is 23.2 Å². The average molecular weight is 394 g/mol. The van der Waals surface area contributed by atoms with Crippen molar-refractivity contribution in [3.63, 3.8) is 0 Å². The lowest BCUT2D eigenvalue weighted by molar-refractivity contribution is 0.482. The molecule has 3 rings (SSSR count). The van der Waals surface area contributed by atoms with Crippen molar-refractivity contribution in [2.75, 3.05) is 4.72 Å². The lowest BCUT2D eigenvalue weighted by Crippen LogP contribution is -2.13. The fourth-order valence-corrected chi connectivity index (χ4v) is 3.58. The highest BCUT2D eigenvalue weighted by molar-refractivity contribution is 7.92. The second-order valence-corrected chi connectivity index (χ2v) is 7.59. The second kappa shape index (κ2) is 7.35. The zero-order valence-corrected chi connectivity index (χ0v) is 15.1. The Morgan fingerprint density at radius 1 is 0.760 bits per heavy atom. The third-order valence-electron chi connectivity index (χ3n) is 3.32. The van der Waals surface area contributed by atoms with E-state index in [9.17, 15) is 8.42 Å². The molecule has 0 aliphatic heterocycles. The maximum Gasteiger partial charge on any atom is 0.261 e. The van der Waals surface area contributed by atoms with Gasteiger partial charge in [-0.15, -0.1) is 0 Å². The van der Waals surface area contributed by atoms with Gasteiger partial charge in [0.1, 0.15) is 11.5 Å². The minimum Gasteiger partial charge on any atom is -0.456 e. The van der Waals surface area contributed by atoms with Crippen molar-refractivity contribution in [2.24, 2.45) is 0 Å². The molecule has 0 atom stereocenters. The molecule has 0 amide bonds. The molecule has 0 fully saturated rings. The van der Waals surface area contributed by atoms with E-state index in [1.54, 1.807) is 60.7 Å². The van der Waals surface area contributed by atoms with Crippen LogP contribution in [0.3, 0.4) is 0 Å². The van der Waals surface area contributed by atoms with E-state index >= 15 is 0 Å². The van der Waals surface area contributed by atoms with E-state index in [0.29, 0.717) is 27.2 Å². The van der Waals surface area contributed by atoms with Crippen LogP contribution in [0.1, 0.15) is 0 Å². The molecule has 3 aromatic rings. The fraction of sp³-hybridized carbons (Fsp3) is 0. The Balaban J connectivity index is 1.80. The summed E-state index contributed by atoms with van der Waals surface area (Å²) in [6.07, 6.45) is 0. The van der Waals surface area contributed by atoms with Crippen LogP contribution < -0.4 is 9.46 Å². The lowest BCUT2D eigenvalue weighted by atomic mass is 10.3. The SMILES string of the molecule is O=S(=O)(Nc1ccccc1Cl)c1ccc(Oc2ccccc2Cl)cc1. The number of hydrogen-bond acceptors (Lipinski definition) is 3. The summed E-state index contributed by atoms with van der Waals surface area (Å²) in [5, 5.41) is 0.796. The molecule has 0 saturated carbocycles. The number of hydrogen-bond donors (Lipinski definition) is 1. The number of nitrogens with one attached hydrogen (secondary N) is 1. The minimum atomic E-state index is -3.75. The monoisotopic (exact) mass is 393 g/mol. The normalized spacial score (nSPS) is 11.1. The Kier molecular flexibility index (Phi) is 5.18. The van der Waals surface area contributed by atoms with Crippen LogP contribution in [0, 0.1) is 0 Å². The Morgan fingerprint density at radius 3 is 2.00 bits per heavy atom. The highest BCUT2D eigenvalue weighted by atomic mass is 35.5. The summed E-state index contributed by atoms with van der Waals surface area (Å²) in [5.41, 5.74) is 0.320. The summed E-state index contributed by atoms with van der Waals surface area (Å²) >= 11 is 12.0. The van der Waals surface area contributed by atoms with Crippen molar-refractivity contribution < 1.29 is 13.2 Å². The van der Waals surface area contributed by atoms with E-state index in [4.69, 9.17) is 27.9 Å². The number of benzene rings is 3. The number of halogens is 2. The van der Waals surface area contributed by atoms with Gasteiger partial charge in [-0.05, 0) is 48.5 Å². The number of para-hydroxylation sites is 2. The van der Waals surface area contributed by atoms with Gasteiger partial charge < -0.3 is 4.74 Å². The first-order valence-electron chi connectivity index (χ1n) is 7.25. The molecular weight excluding hydrogens is 381 g/mol. The van der Waals surface area contributed by atoms with Crippen molar-refractivity contribution in [3.8, 4) is 11.5 Å². The summed E-state index contributed by atoms with van der Waals surface area (Å²) in [6, 6.07) is 19.7. The molecule has 0 saturated heterocycles. The lowest BCUT2D eigenvalue weighted by Gasteiger charge is -2.11. The van der Waals surface area contributed by atoms with Crippen LogP contribution in [0.25, 0.3) is 0 Å². The molecule has 4 nitrogen and oxygen atoms in total. The Hall–Kier alpha value is -2.21. The highest BCUT2D eigenvalue weighted by Crippen LogP contribution is 2.30. The molecule has 0 bridgehead atoms. The first-order valence-corrected chi connectivity index (χ1v) is 9.49. The molecule has 3 aromatic carbocycles. The van der Waals surface area contributed by atoms with Crippen molar-refractivity contribution in [2.45, 2.75) is 4.90 Å². The molecule has 0 radical (unpaired) electrons. The Labute approximate surface area is 156 Å². The van der Waals surface area contributed by atoms with Gasteiger partial charge in [0.15, 0.2) is 0 Å². The van der Waals surface area contributed by atoms with Gasteiger partial charge in [0.25, 0.3) is 10.0 Å². The zero-order valence-electron chi connectivity index (χ0n) is 12.8. The van der Waals surface area contributed by atoms with Crippen LogP contribution in [0.2, 0.25) is 10.0 Å². The number of rotatable bonds is 5. The summed E-state index contributed by atoms with van der Waals surface area (Å²) in [7, 11) is -3.75. The largest absolute Gasteiger partial charge is 0.456 e. The fourth-order valence-electron chi connectivity index (χ4n) is 2.09. The number of ether oxygens (including phenoxy) is 1. The van der Waals surface area contributed by atoms with E-state index in [2.05, 4.69) is 4.72 Å². The van der Waals surface area contributed by atoms with E-state index < -0.39 is 10.0 Å². The maximum absolute atomic E-state index is 12.4. The number of sulfonamides is 1. The molecule has 1 N–H and O–H groups in total. The van der Waals surface area contributed by atoms with Crippen molar-refractivity contribution in [1.29, 1.82) is 0 Å². The minimum absolute atomic E-state index is 0.0962. The summed E-state index contributed by atoms with van der Waals surface area (Å²) in [6.45, 7) is 0. The van der Waals surface area contributed by atoms with Crippen LogP contribution in [0.15, 0.2) is 77.7 Å². The average Bonchev–Trinajstić information content (AvgIpc) is 2.59. The third kappa shape index (κ3) is 4.25. The first kappa shape index (κ1) is 17.6. The quantitative estimate of drug-likeness (QED) is 0.614.